The zero-order valence-electron chi connectivity index (χ0n) is 29.5. The molecule has 2 heterocycles. The number of carbonyl (C=O) groups excluding carboxylic acids is 2. The fourth-order valence-electron chi connectivity index (χ4n) is 5.91. The Hall–Kier alpha value is -5.48. The highest BCUT2D eigenvalue weighted by Crippen LogP contribution is 2.41. The third-order valence-corrected chi connectivity index (χ3v) is 11.0. The summed E-state index contributed by atoms with van der Waals surface area (Å²) in [6, 6.07) is 34.1. The quantitative estimate of drug-likeness (QED) is 0.0787. The normalized spacial score (nSPS) is 10.6. The van der Waals surface area contributed by atoms with Gasteiger partial charge in [0, 0.05) is 61.7 Å². The summed E-state index contributed by atoms with van der Waals surface area (Å²) in [5.41, 5.74) is 5.99. The van der Waals surface area contributed by atoms with Crippen LogP contribution in [-0.2, 0) is 0 Å². The number of nitriles is 2. The maximum Gasteiger partial charge on any atom is 0.163 e. The molecule has 0 spiro atoms. The van der Waals surface area contributed by atoms with Crippen LogP contribution in [0.3, 0.4) is 0 Å². The maximum absolute atomic E-state index is 12.2. The number of hydrogen-bond donors (Lipinski definition) is 0. The van der Waals surface area contributed by atoms with E-state index in [1.165, 1.54) is 19.5 Å². The summed E-state index contributed by atoms with van der Waals surface area (Å²) in [7, 11) is 0. The van der Waals surface area contributed by atoms with Gasteiger partial charge in [-0.05, 0) is 112 Å². The van der Waals surface area contributed by atoms with Crippen molar-refractivity contribution in [2.24, 2.45) is 0 Å². The van der Waals surface area contributed by atoms with Crippen LogP contribution in [0.25, 0.3) is 26.5 Å². The fourth-order valence-corrected chi connectivity index (χ4v) is 8.13. The molecular weight excluding hydrogens is 673 g/mol. The zero-order valence-corrected chi connectivity index (χ0v) is 31.2. The van der Waals surface area contributed by atoms with Crippen LogP contribution in [0.1, 0.15) is 65.1 Å². The summed E-state index contributed by atoms with van der Waals surface area (Å²) in [5, 5.41) is 19.9. The van der Waals surface area contributed by atoms with Crippen LogP contribution in [0.4, 0.5) is 11.4 Å². The van der Waals surface area contributed by atoms with Crippen molar-refractivity contribution in [3.63, 3.8) is 0 Å². The van der Waals surface area contributed by atoms with Crippen molar-refractivity contribution < 1.29 is 14.3 Å². The van der Waals surface area contributed by atoms with E-state index in [1.807, 2.05) is 18.2 Å². The van der Waals surface area contributed by atoms with Crippen molar-refractivity contribution in [2.75, 3.05) is 42.6 Å². The standard InChI is InChI=1S/C42H40N4O3S2/c1-6-45(7-2)34-14-9-30(10-15-34)38-19-21-40(50-38)42(33(26-43)27-44)41-22-20-39(51-41)31-11-16-35(17-12-31)46(8-3)23-24-49-37-18-13-32(28(4)47)25-36(37)29(5)48/h9-22,25H,6-8,23-24H2,1-5H3. The second-order valence-corrected chi connectivity index (χ2v) is 14.0. The number of benzene rings is 3. The lowest BCUT2D eigenvalue weighted by Gasteiger charge is -2.23. The summed E-state index contributed by atoms with van der Waals surface area (Å²) in [5.74, 6) is 0.225. The van der Waals surface area contributed by atoms with Gasteiger partial charge in [0.05, 0.1) is 12.1 Å². The van der Waals surface area contributed by atoms with Gasteiger partial charge in [-0.1, -0.05) is 24.3 Å². The van der Waals surface area contributed by atoms with Crippen LogP contribution in [0.5, 0.6) is 5.75 Å². The molecule has 0 amide bonds. The van der Waals surface area contributed by atoms with Crippen LogP contribution in [0, 0.1) is 22.7 Å². The highest BCUT2D eigenvalue weighted by Gasteiger charge is 2.18. The van der Waals surface area contributed by atoms with E-state index in [0.29, 0.717) is 35.6 Å². The molecule has 2 aromatic heterocycles. The number of hydrogen-bond acceptors (Lipinski definition) is 9. The SMILES string of the molecule is CCN(CC)c1ccc(-c2ccc(C(=C(C#N)C#N)c3ccc(-c4ccc(N(CC)CCOc5ccc(C(C)=O)cc5C(C)=O)cc4)s3)s2)cc1. The Bertz CT molecular complexity index is 2110. The number of nitrogens with zero attached hydrogens (tertiary/aromatic N) is 4. The first-order chi connectivity index (χ1) is 24.7. The first-order valence-electron chi connectivity index (χ1n) is 17.0. The lowest BCUT2D eigenvalue weighted by atomic mass is 10.0. The molecule has 5 rings (SSSR count). The van der Waals surface area contributed by atoms with E-state index < -0.39 is 0 Å². The van der Waals surface area contributed by atoms with Gasteiger partial charge >= 0.3 is 0 Å². The number of anilines is 2. The van der Waals surface area contributed by atoms with Crippen LogP contribution >= 0.6 is 22.7 Å². The van der Waals surface area contributed by atoms with Crippen LogP contribution in [-0.4, -0.2) is 44.4 Å². The average Bonchev–Trinajstić information content (AvgIpc) is 3.84. The maximum atomic E-state index is 12.2. The molecule has 7 nitrogen and oxygen atoms in total. The zero-order chi connectivity index (χ0) is 36.5. The predicted molar refractivity (Wildman–Crippen MR) is 210 cm³/mol. The van der Waals surface area contributed by atoms with Crippen molar-refractivity contribution in [3.05, 3.63) is 117 Å². The summed E-state index contributed by atoms with van der Waals surface area (Å²) in [6.45, 7) is 13.0. The Balaban J connectivity index is 1.31. The third-order valence-electron chi connectivity index (χ3n) is 8.74. The highest BCUT2D eigenvalue weighted by atomic mass is 32.1. The molecule has 258 valence electrons. The summed E-state index contributed by atoms with van der Waals surface area (Å²) < 4.78 is 6.00. The second-order valence-electron chi connectivity index (χ2n) is 11.8. The Kier molecular flexibility index (Phi) is 12.2. The van der Waals surface area contributed by atoms with Crippen LogP contribution < -0.4 is 14.5 Å². The second kappa shape index (κ2) is 17.0. The Labute approximate surface area is 308 Å². The number of likely N-dealkylation sites (N-methyl/N-ethyl adjacent to an activating group) is 1. The molecule has 0 aliphatic heterocycles. The minimum absolute atomic E-state index is 0.0926. The molecular formula is C42H40N4O3S2. The van der Waals surface area contributed by atoms with Gasteiger partial charge in [-0.2, -0.15) is 10.5 Å². The monoisotopic (exact) mass is 712 g/mol. The van der Waals surface area contributed by atoms with Gasteiger partial charge in [-0.3, -0.25) is 9.59 Å². The van der Waals surface area contributed by atoms with Gasteiger partial charge in [-0.25, -0.2) is 0 Å². The summed E-state index contributed by atoms with van der Waals surface area (Å²) in [6.07, 6.45) is 0. The lowest BCUT2D eigenvalue weighted by molar-refractivity contribution is 0.101. The smallest absolute Gasteiger partial charge is 0.163 e. The third kappa shape index (κ3) is 8.46. The van der Waals surface area contributed by atoms with E-state index in [9.17, 15) is 20.1 Å². The van der Waals surface area contributed by atoms with E-state index >= 15 is 0 Å². The van der Waals surface area contributed by atoms with Crippen molar-refractivity contribution in [1.82, 2.24) is 0 Å². The molecule has 0 aliphatic rings. The van der Waals surface area contributed by atoms with Crippen molar-refractivity contribution >= 4 is 51.2 Å². The van der Waals surface area contributed by atoms with Crippen LogP contribution in [0.15, 0.2) is 96.6 Å². The van der Waals surface area contributed by atoms with Gasteiger partial charge in [-0.15, -0.1) is 22.7 Å². The van der Waals surface area contributed by atoms with Crippen molar-refractivity contribution in [2.45, 2.75) is 34.6 Å². The fraction of sp³-hybridized carbons (Fsp3) is 0.238. The number of allylic oxidation sites excluding steroid dienone is 1. The molecule has 0 saturated heterocycles. The Morgan fingerprint density at radius 1 is 0.667 bits per heavy atom. The van der Waals surface area contributed by atoms with Gasteiger partial charge < -0.3 is 14.5 Å². The first kappa shape index (κ1) is 36.8. The summed E-state index contributed by atoms with van der Waals surface area (Å²) >= 11 is 3.14. The first-order valence-corrected chi connectivity index (χ1v) is 18.6. The minimum atomic E-state index is -0.149. The van der Waals surface area contributed by atoms with E-state index in [0.717, 1.165) is 56.0 Å². The van der Waals surface area contributed by atoms with Crippen molar-refractivity contribution in [1.29, 1.82) is 10.5 Å². The molecule has 3 aromatic carbocycles. The molecule has 0 saturated carbocycles. The van der Waals surface area contributed by atoms with Gasteiger partial charge in [0.25, 0.3) is 0 Å². The molecule has 0 aliphatic carbocycles. The Morgan fingerprint density at radius 2 is 1.18 bits per heavy atom. The van der Waals surface area contributed by atoms with Crippen molar-refractivity contribution in [3.8, 4) is 38.8 Å². The number of carbonyl (C=O) groups is 2. The van der Waals surface area contributed by atoms with E-state index in [4.69, 9.17) is 4.74 Å². The number of ketones is 2. The molecule has 0 radical (unpaired) electrons. The van der Waals surface area contributed by atoms with Gasteiger partial charge in [0.15, 0.2) is 11.6 Å². The minimum Gasteiger partial charge on any atom is -0.491 e. The highest BCUT2D eigenvalue weighted by molar-refractivity contribution is 7.19. The molecule has 0 N–H and O–H groups in total. The van der Waals surface area contributed by atoms with E-state index in [1.54, 1.807) is 40.9 Å². The lowest BCUT2D eigenvalue weighted by Crippen LogP contribution is -2.28. The molecule has 0 fully saturated rings. The molecule has 51 heavy (non-hydrogen) atoms. The number of Topliss-reactive ketones (excluding diaryl/α,β-unsaturated/α-hetero) is 2. The number of thiophene rings is 2. The molecule has 0 bridgehead atoms. The van der Waals surface area contributed by atoms with Gasteiger partial charge in [0.2, 0.25) is 0 Å². The summed E-state index contributed by atoms with van der Waals surface area (Å²) in [4.78, 5) is 32.3. The predicted octanol–water partition coefficient (Wildman–Crippen LogP) is 10.1. The Morgan fingerprint density at radius 3 is 1.63 bits per heavy atom. The van der Waals surface area contributed by atoms with Gasteiger partial charge in [0.1, 0.15) is 30.1 Å². The average molecular weight is 713 g/mol. The topological polar surface area (TPSA) is 97.4 Å². The molecule has 0 unspecified atom stereocenters. The van der Waals surface area contributed by atoms with Crippen LogP contribution in [0.2, 0.25) is 0 Å². The molecule has 9 heteroatoms. The van der Waals surface area contributed by atoms with E-state index in [2.05, 4.69) is 97.3 Å². The molecule has 5 aromatic rings. The molecule has 0 atom stereocenters. The number of rotatable bonds is 15. The largest absolute Gasteiger partial charge is 0.491 e. The van der Waals surface area contributed by atoms with E-state index in [-0.39, 0.29) is 17.1 Å². The number of ether oxygens (including phenoxy) is 1.